The molecule has 0 spiro atoms. The zero-order chi connectivity index (χ0) is 14.8. The molecule has 0 saturated heterocycles. The second-order valence-electron chi connectivity index (χ2n) is 5.89. The minimum Gasteiger partial charge on any atom is -0.388 e. The highest BCUT2D eigenvalue weighted by molar-refractivity contribution is 5.82. The average Bonchev–Trinajstić information content (AvgIpc) is 2.44. The highest BCUT2D eigenvalue weighted by Gasteiger charge is 2.20. The number of nitrogens with zero attached hydrogens (tertiary/aromatic N) is 1. The van der Waals surface area contributed by atoms with Crippen LogP contribution in [0.1, 0.15) is 44.1 Å². The van der Waals surface area contributed by atoms with Gasteiger partial charge in [-0.3, -0.25) is 4.98 Å². The van der Waals surface area contributed by atoms with Gasteiger partial charge in [0, 0.05) is 18.2 Å². The first-order valence-electron chi connectivity index (χ1n) is 7.02. The van der Waals surface area contributed by atoms with Crippen LogP contribution in [0.25, 0.3) is 10.9 Å². The lowest BCUT2D eigenvalue weighted by atomic mass is 9.94. The first-order valence-corrected chi connectivity index (χ1v) is 7.02. The molecule has 2 aromatic rings. The van der Waals surface area contributed by atoms with Gasteiger partial charge in [0.1, 0.15) is 0 Å². The molecular formula is C17H23NO2. The summed E-state index contributed by atoms with van der Waals surface area (Å²) in [5, 5.41) is 11.5. The molecule has 0 aliphatic heterocycles. The summed E-state index contributed by atoms with van der Waals surface area (Å²) in [4.78, 5) is 4.51. The van der Waals surface area contributed by atoms with Gasteiger partial charge in [0.05, 0.1) is 17.2 Å². The molecular weight excluding hydrogens is 250 g/mol. The van der Waals surface area contributed by atoms with Crippen LogP contribution in [0.2, 0.25) is 0 Å². The number of ether oxygens (including phenoxy) is 1. The number of fused-ring (bicyclic) bond motifs is 1. The molecule has 1 N–H and O–H groups in total. The first-order chi connectivity index (χ1) is 9.43. The van der Waals surface area contributed by atoms with Gasteiger partial charge in [-0.1, -0.05) is 18.2 Å². The Labute approximate surface area is 120 Å². The fourth-order valence-corrected chi connectivity index (χ4v) is 2.36. The van der Waals surface area contributed by atoms with Gasteiger partial charge in [0.15, 0.2) is 0 Å². The van der Waals surface area contributed by atoms with E-state index in [1.54, 1.807) is 7.11 Å². The lowest BCUT2D eigenvalue weighted by Gasteiger charge is -2.24. The summed E-state index contributed by atoms with van der Waals surface area (Å²) >= 11 is 0. The Morgan fingerprint density at radius 3 is 2.70 bits per heavy atom. The summed E-state index contributed by atoms with van der Waals surface area (Å²) in [6.07, 6.45) is 0.991. The van der Waals surface area contributed by atoms with Gasteiger partial charge in [-0.25, -0.2) is 0 Å². The Hall–Kier alpha value is -1.45. The van der Waals surface area contributed by atoms with Crippen molar-refractivity contribution in [2.24, 2.45) is 0 Å². The molecule has 1 heterocycles. The van der Waals surface area contributed by atoms with E-state index < -0.39 is 6.10 Å². The standard InChI is InChI=1S/C17H23NO2/c1-12-11-14(13-7-5-6-8-15(13)18-12)16(19)9-10-17(2,3)20-4/h5-8,11,16,19H,9-10H2,1-4H3. The van der Waals surface area contributed by atoms with Crippen LogP contribution in [0.15, 0.2) is 30.3 Å². The second-order valence-corrected chi connectivity index (χ2v) is 5.89. The number of aryl methyl sites for hydroxylation is 1. The van der Waals surface area contributed by atoms with Gasteiger partial charge >= 0.3 is 0 Å². The number of aliphatic hydroxyl groups excluding tert-OH is 1. The number of benzene rings is 1. The normalized spacial score (nSPS) is 13.7. The molecule has 3 heteroatoms. The smallest absolute Gasteiger partial charge is 0.0798 e. The van der Waals surface area contributed by atoms with Crippen molar-refractivity contribution in [2.45, 2.75) is 45.3 Å². The van der Waals surface area contributed by atoms with E-state index in [0.717, 1.165) is 28.6 Å². The summed E-state index contributed by atoms with van der Waals surface area (Å²) in [6.45, 7) is 6.03. The molecule has 108 valence electrons. The van der Waals surface area contributed by atoms with E-state index >= 15 is 0 Å². The third-order valence-corrected chi connectivity index (χ3v) is 3.81. The molecule has 0 bridgehead atoms. The van der Waals surface area contributed by atoms with Crippen molar-refractivity contribution >= 4 is 10.9 Å². The number of aliphatic hydroxyl groups is 1. The summed E-state index contributed by atoms with van der Waals surface area (Å²) in [5.74, 6) is 0. The van der Waals surface area contributed by atoms with Crippen molar-refractivity contribution in [1.82, 2.24) is 4.98 Å². The van der Waals surface area contributed by atoms with E-state index in [9.17, 15) is 5.11 Å². The van der Waals surface area contributed by atoms with Crippen molar-refractivity contribution in [3.63, 3.8) is 0 Å². The van der Waals surface area contributed by atoms with Crippen LogP contribution in [-0.4, -0.2) is 22.8 Å². The Morgan fingerprint density at radius 2 is 2.00 bits per heavy atom. The predicted molar refractivity (Wildman–Crippen MR) is 81.8 cm³/mol. The number of para-hydroxylation sites is 1. The van der Waals surface area contributed by atoms with Crippen molar-refractivity contribution < 1.29 is 9.84 Å². The average molecular weight is 273 g/mol. The van der Waals surface area contributed by atoms with Gasteiger partial charge in [-0.15, -0.1) is 0 Å². The van der Waals surface area contributed by atoms with Gasteiger partial charge in [-0.2, -0.15) is 0 Å². The van der Waals surface area contributed by atoms with Crippen molar-refractivity contribution in [1.29, 1.82) is 0 Å². The predicted octanol–water partition coefficient (Wildman–Crippen LogP) is 3.78. The molecule has 1 aromatic carbocycles. The maximum absolute atomic E-state index is 10.5. The SMILES string of the molecule is COC(C)(C)CCC(O)c1cc(C)nc2ccccc12. The number of hydrogen-bond acceptors (Lipinski definition) is 3. The van der Waals surface area contributed by atoms with Gasteiger partial charge in [0.25, 0.3) is 0 Å². The molecule has 0 amide bonds. The number of aromatic nitrogens is 1. The number of methoxy groups -OCH3 is 1. The largest absolute Gasteiger partial charge is 0.388 e. The molecule has 0 radical (unpaired) electrons. The third-order valence-electron chi connectivity index (χ3n) is 3.81. The molecule has 3 nitrogen and oxygen atoms in total. The Bertz CT molecular complexity index is 593. The number of rotatable bonds is 5. The van der Waals surface area contributed by atoms with Gasteiger partial charge in [-0.05, 0) is 51.3 Å². The van der Waals surface area contributed by atoms with Crippen molar-refractivity contribution in [3.8, 4) is 0 Å². The minimum atomic E-state index is -0.490. The maximum Gasteiger partial charge on any atom is 0.0798 e. The van der Waals surface area contributed by atoms with E-state index in [2.05, 4.69) is 4.98 Å². The summed E-state index contributed by atoms with van der Waals surface area (Å²) < 4.78 is 5.41. The second kappa shape index (κ2) is 5.90. The number of pyridine rings is 1. The minimum absolute atomic E-state index is 0.209. The maximum atomic E-state index is 10.5. The first kappa shape index (κ1) is 14.9. The zero-order valence-electron chi connectivity index (χ0n) is 12.7. The lowest BCUT2D eigenvalue weighted by Crippen LogP contribution is -2.23. The highest BCUT2D eigenvalue weighted by atomic mass is 16.5. The van der Waals surface area contributed by atoms with E-state index in [1.165, 1.54) is 0 Å². The quantitative estimate of drug-likeness (QED) is 0.901. The molecule has 1 unspecified atom stereocenters. The molecule has 0 aliphatic rings. The van der Waals surface area contributed by atoms with E-state index in [1.807, 2.05) is 51.1 Å². The number of hydrogen-bond donors (Lipinski definition) is 1. The van der Waals surface area contributed by atoms with Crippen LogP contribution in [-0.2, 0) is 4.74 Å². The van der Waals surface area contributed by atoms with Crippen molar-refractivity contribution in [3.05, 3.63) is 41.6 Å². The van der Waals surface area contributed by atoms with Crippen LogP contribution < -0.4 is 0 Å². The van der Waals surface area contributed by atoms with Gasteiger partial charge < -0.3 is 9.84 Å². The topological polar surface area (TPSA) is 42.4 Å². The summed E-state index contributed by atoms with van der Waals surface area (Å²) in [5.41, 5.74) is 2.62. The fourth-order valence-electron chi connectivity index (χ4n) is 2.36. The molecule has 20 heavy (non-hydrogen) atoms. The van der Waals surface area contributed by atoms with E-state index in [0.29, 0.717) is 6.42 Å². The van der Waals surface area contributed by atoms with Crippen molar-refractivity contribution in [2.75, 3.05) is 7.11 Å². The zero-order valence-corrected chi connectivity index (χ0v) is 12.7. The summed E-state index contributed by atoms with van der Waals surface area (Å²) in [6, 6.07) is 9.93. The third kappa shape index (κ3) is 3.35. The van der Waals surface area contributed by atoms with Crippen LogP contribution in [0, 0.1) is 6.92 Å². The fraction of sp³-hybridized carbons (Fsp3) is 0.471. The van der Waals surface area contributed by atoms with Gasteiger partial charge in [0.2, 0.25) is 0 Å². The Morgan fingerprint density at radius 1 is 1.30 bits per heavy atom. The Balaban J connectivity index is 2.28. The lowest BCUT2D eigenvalue weighted by molar-refractivity contribution is 0.00290. The van der Waals surface area contributed by atoms with Crippen LogP contribution in [0.5, 0.6) is 0 Å². The summed E-state index contributed by atoms with van der Waals surface area (Å²) in [7, 11) is 1.71. The Kier molecular flexibility index (Phi) is 4.41. The van der Waals surface area contributed by atoms with Crippen LogP contribution in [0.4, 0.5) is 0 Å². The van der Waals surface area contributed by atoms with Crippen LogP contribution >= 0.6 is 0 Å². The molecule has 0 aliphatic carbocycles. The molecule has 2 rings (SSSR count). The highest BCUT2D eigenvalue weighted by Crippen LogP contribution is 2.29. The monoisotopic (exact) mass is 273 g/mol. The van der Waals surface area contributed by atoms with Crippen LogP contribution in [0.3, 0.4) is 0 Å². The molecule has 1 aromatic heterocycles. The molecule has 0 saturated carbocycles. The molecule has 0 fully saturated rings. The molecule has 1 atom stereocenters. The van der Waals surface area contributed by atoms with E-state index in [4.69, 9.17) is 4.74 Å². The van der Waals surface area contributed by atoms with E-state index in [-0.39, 0.29) is 5.60 Å².